The van der Waals surface area contributed by atoms with Crippen molar-refractivity contribution < 1.29 is 19.4 Å². The average molecular weight is 426 g/mol. The maximum absolute atomic E-state index is 11.9. The van der Waals surface area contributed by atoms with Gasteiger partial charge in [0.2, 0.25) is 0 Å². The SMILES string of the molecule is COc1ccc(CN(C(=O)O)c2nc(-c3cccc(N4CCOCC4)n3)cs2)cc1. The lowest BCUT2D eigenvalue weighted by Gasteiger charge is -2.27. The molecular formula is C21H22N4O4S. The van der Waals surface area contributed by atoms with E-state index in [1.54, 1.807) is 7.11 Å². The van der Waals surface area contributed by atoms with Gasteiger partial charge in [0.1, 0.15) is 17.3 Å². The molecule has 2 aromatic heterocycles. The van der Waals surface area contributed by atoms with Gasteiger partial charge in [-0.15, -0.1) is 11.3 Å². The minimum absolute atomic E-state index is 0.202. The average Bonchev–Trinajstić information content (AvgIpc) is 3.28. The monoisotopic (exact) mass is 426 g/mol. The van der Waals surface area contributed by atoms with E-state index < -0.39 is 6.09 Å². The summed E-state index contributed by atoms with van der Waals surface area (Å²) in [4.78, 5) is 24.6. The van der Waals surface area contributed by atoms with Gasteiger partial charge in [-0.2, -0.15) is 0 Å². The van der Waals surface area contributed by atoms with Crippen LogP contribution < -0.4 is 14.5 Å². The van der Waals surface area contributed by atoms with Gasteiger partial charge in [-0.25, -0.2) is 19.7 Å². The van der Waals surface area contributed by atoms with E-state index in [1.165, 1.54) is 16.2 Å². The van der Waals surface area contributed by atoms with Crippen molar-refractivity contribution in [2.75, 3.05) is 43.2 Å². The Bertz CT molecular complexity index is 1000. The molecule has 9 heteroatoms. The quantitative estimate of drug-likeness (QED) is 0.642. The van der Waals surface area contributed by atoms with E-state index in [1.807, 2.05) is 47.8 Å². The van der Waals surface area contributed by atoms with Crippen LogP contribution in [0.2, 0.25) is 0 Å². The van der Waals surface area contributed by atoms with Crippen LogP contribution in [-0.4, -0.2) is 54.6 Å². The first kappa shape index (κ1) is 20.1. The Labute approximate surface area is 178 Å². The number of amides is 1. The molecule has 0 saturated carbocycles. The molecule has 3 aromatic rings. The molecule has 0 atom stereocenters. The summed E-state index contributed by atoms with van der Waals surface area (Å²) < 4.78 is 10.6. The van der Waals surface area contributed by atoms with E-state index in [9.17, 15) is 9.90 Å². The molecule has 1 amide bonds. The zero-order valence-corrected chi connectivity index (χ0v) is 17.3. The third-order valence-electron chi connectivity index (χ3n) is 4.79. The standard InChI is InChI=1S/C21H22N4O4S/c1-28-16-7-5-15(6-8-16)13-25(21(26)27)20-23-18(14-30-20)17-3-2-4-19(22-17)24-9-11-29-12-10-24/h2-8,14H,9-13H2,1H3,(H,26,27). The van der Waals surface area contributed by atoms with Gasteiger partial charge in [0.05, 0.1) is 32.6 Å². The molecule has 1 aliphatic heterocycles. The smallest absolute Gasteiger partial charge is 0.413 e. The zero-order valence-electron chi connectivity index (χ0n) is 16.5. The predicted octanol–water partition coefficient (Wildman–Crippen LogP) is 3.73. The fraction of sp³-hybridized carbons (Fsp3) is 0.286. The second kappa shape index (κ2) is 9.10. The van der Waals surface area contributed by atoms with Gasteiger partial charge in [0.15, 0.2) is 5.13 Å². The van der Waals surface area contributed by atoms with Gasteiger partial charge in [0, 0.05) is 18.5 Å². The van der Waals surface area contributed by atoms with Crippen molar-refractivity contribution in [3.63, 3.8) is 0 Å². The van der Waals surface area contributed by atoms with Crippen LogP contribution in [0.3, 0.4) is 0 Å². The van der Waals surface area contributed by atoms with Gasteiger partial charge in [-0.05, 0) is 29.8 Å². The number of ether oxygens (including phenoxy) is 2. The summed E-state index contributed by atoms with van der Waals surface area (Å²) in [6.07, 6.45) is -1.05. The number of benzene rings is 1. The minimum Gasteiger partial charge on any atom is -0.497 e. The lowest BCUT2D eigenvalue weighted by molar-refractivity contribution is 0.122. The van der Waals surface area contributed by atoms with Crippen LogP contribution in [0.5, 0.6) is 5.75 Å². The molecule has 0 unspecified atom stereocenters. The second-order valence-electron chi connectivity index (χ2n) is 6.71. The molecular weight excluding hydrogens is 404 g/mol. The van der Waals surface area contributed by atoms with E-state index >= 15 is 0 Å². The van der Waals surface area contributed by atoms with Gasteiger partial charge in [-0.1, -0.05) is 18.2 Å². The second-order valence-corrected chi connectivity index (χ2v) is 7.55. The third-order valence-corrected chi connectivity index (χ3v) is 5.65. The summed E-state index contributed by atoms with van der Waals surface area (Å²) in [6.45, 7) is 3.17. The normalized spacial score (nSPS) is 13.8. The molecule has 4 rings (SSSR count). The molecule has 1 fully saturated rings. The van der Waals surface area contributed by atoms with Crippen LogP contribution in [0.25, 0.3) is 11.4 Å². The highest BCUT2D eigenvalue weighted by molar-refractivity contribution is 7.14. The Balaban J connectivity index is 1.54. The van der Waals surface area contributed by atoms with Crippen molar-refractivity contribution in [2.45, 2.75) is 6.54 Å². The van der Waals surface area contributed by atoms with Crippen molar-refractivity contribution >= 4 is 28.4 Å². The summed E-state index contributed by atoms with van der Waals surface area (Å²) in [7, 11) is 1.59. The first-order valence-electron chi connectivity index (χ1n) is 9.53. The van der Waals surface area contributed by atoms with Gasteiger partial charge in [-0.3, -0.25) is 0 Å². The summed E-state index contributed by atoms with van der Waals surface area (Å²) in [5, 5.41) is 12.0. The molecule has 0 radical (unpaired) electrons. The van der Waals surface area contributed by atoms with Crippen molar-refractivity contribution in [3.05, 3.63) is 53.4 Å². The largest absolute Gasteiger partial charge is 0.497 e. The molecule has 30 heavy (non-hydrogen) atoms. The first-order valence-corrected chi connectivity index (χ1v) is 10.4. The highest BCUT2D eigenvalue weighted by Gasteiger charge is 2.20. The van der Waals surface area contributed by atoms with Crippen LogP contribution in [0.15, 0.2) is 47.8 Å². The number of methoxy groups -OCH3 is 1. The minimum atomic E-state index is -1.05. The Morgan fingerprint density at radius 3 is 2.63 bits per heavy atom. The van der Waals surface area contributed by atoms with Crippen LogP contribution >= 0.6 is 11.3 Å². The van der Waals surface area contributed by atoms with E-state index in [0.29, 0.717) is 24.0 Å². The lowest BCUT2D eigenvalue weighted by Crippen LogP contribution is -2.36. The van der Waals surface area contributed by atoms with Crippen LogP contribution in [0.4, 0.5) is 15.7 Å². The highest BCUT2D eigenvalue weighted by atomic mass is 32.1. The molecule has 8 nitrogen and oxygen atoms in total. The fourth-order valence-electron chi connectivity index (χ4n) is 3.17. The highest BCUT2D eigenvalue weighted by Crippen LogP contribution is 2.29. The number of hydrogen-bond acceptors (Lipinski definition) is 7. The Hall–Kier alpha value is -3.17. The van der Waals surface area contributed by atoms with Crippen molar-refractivity contribution in [3.8, 4) is 17.1 Å². The van der Waals surface area contributed by atoms with Gasteiger partial charge >= 0.3 is 6.09 Å². The van der Waals surface area contributed by atoms with Crippen LogP contribution in [0.1, 0.15) is 5.56 Å². The van der Waals surface area contributed by atoms with Crippen LogP contribution in [-0.2, 0) is 11.3 Å². The maximum atomic E-state index is 11.9. The third kappa shape index (κ3) is 4.52. The number of carboxylic acid groups (broad SMARTS) is 1. The fourth-order valence-corrected chi connectivity index (χ4v) is 3.98. The van der Waals surface area contributed by atoms with Crippen molar-refractivity contribution in [2.24, 2.45) is 0 Å². The molecule has 1 aromatic carbocycles. The van der Waals surface area contributed by atoms with E-state index in [0.717, 1.165) is 35.9 Å². The van der Waals surface area contributed by atoms with Crippen molar-refractivity contribution in [1.82, 2.24) is 9.97 Å². The van der Waals surface area contributed by atoms with Gasteiger partial charge in [0.25, 0.3) is 0 Å². The molecule has 1 saturated heterocycles. The number of carbonyl (C=O) groups is 1. The van der Waals surface area contributed by atoms with Gasteiger partial charge < -0.3 is 19.5 Å². The molecule has 0 aliphatic carbocycles. The van der Waals surface area contributed by atoms with Crippen molar-refractivity contribution in [1.29, 1.82) is 0 Å². The maximum Gasteiger partial charge on any atom is 0.413 e. The number of morpholine rings is 1. The zero-order chi connectivity index (χ0) is 20.9. The number of thiazole rings is 1. The first-order chi connectivity index (χ1) is 14.6. The summed E-state index contributed by atoms with van der Waals surface area (Å²) in [5.74, 6) is 1.60. The molecule has 156 valence electrons. The van der Waals surface area contributed by atoms with E-state index in [2.05, 4.69) is 9.88 Å². The number of aromatic nitrogens is 2. The van der Waals surface area contributed by atoms with E-state index in [-0.39, 0.29) is 6.54 Å². The lowest BCUT2D eigenvalue weighted by atomic mass is 10.2. The molecule has 1 aliphatic rings. The Morgan fingerprint density at radius 1 is 1.17 bits per heavy atom. The number of pyridine rings is 1. The number of anilines is 2. The predicted molar refractivity (Wildman–Crippen MR) is 116 cm³/mol. The van der Waals surface area contributed by atoms with Crippen LogP contribution in [0, 0.1) is 0 Å². The summed E-state index contributed by atoms with van der Waals surface area (Å²) in [6, 6.07) is 13.1. The molecule has 3 heterocycles. The topological polar surface area (TPSA) is 88.0 Å². The summed E-state index contributed by atoms with van der Waals surface area (Å²) >= 11 is 1.28. The van der Waals surface area contributed by atoms with E-state index in [4.69, 9.17) is 14.5 Å². The Morgan fingerprint density at radius 2 is 1.93 bits per heavy atom. The Kier molecular flexibility index (Phi) is 6.10. The molecule has 0 spiro atoms. The number of rotatable bonds is 6. The molecule has 0 bridgehead atoms. The summed E-state index contributed by atoms with van der Waals surface area (Å²) in [5.41, 5.74) is 2.23. The number of hydrogen-bond donors (Lipinski definition) is 1. The molecule has 1 N–H and O–H groups in total. The number of nitrogens with zero attached hydrogens (tertiary/aromatic N) is 4.